The van der Waals surface area contributed by atoms with Crippen molar-refractivity contribution in [3.63, 3.8) is 0 Å². The number of alkyl halides is 2. The van der Waals surface area contributed by atoms with Gasteiger partial charge in [0.25, 0.3) is 5.92 Å². The first-order chi connectivity index (χ1) is 6.11. The van der Waals surface area contributed by atoms with E-state index in [1.165, 1.54) is 17.1 Å². The average molecular weight is 189 g/mol. The van der Waals surface area contributed by atoms with Gasteiger partial charge in [-0.1, -0.05) is 0 Å². The summed E-state index contributed by atoms with van der Waals surface area (Å²) in [6, 6.07) is 0. The number of nitrogens with two attached hydrogens (primary N) is 1. The van der Waals surface area contributed by atoms with Gasteiger partial charge < -0.3 is 10.3 Å². The van der Waals surface area contributed by atoms with Gasteiger partial charge in [0.2, 0.25) is 0 Å². The molecule has 0 aliphatic heterocycles. The van der Waals surface area contributed by atoms with Crippen LogP contribution in [0.5, 0.6) is 0 Å². The first-order valence-corrected chi connectivity index (χ1v) is 4.20. The predicted octanol–water partition coefficient (Wildman–Crippen LogP) is 1.34. The second-order valence-electron chi connectivity index (χ2n) is 2.81. The van der Waals surface area contributed by atoms with Gasteiger partial charge in [0.15, 0.2) is 0 Å². The first kappa shape index (κ1) is 10.1. The Morgan fingerprint density at radius 2 is 2.31 bits per heavy atom. The van der Waals surface area contributed by atoms with E-state index in [1.807, 2.05) is 0 Å². The molecule has 2 N–H and O–H groups in total. The SMILES string of the molecule is CCn1cncc1C(F)(F)CCN. The Morgan fingerprint density at radius 3 is 2.85 bits per heavy atom. The highest BCUT2D eigenvalue weighted by molar-refractivity contribution is 5.06. The van der Waals surface area contributed by atoms with E-state index in [1.54, 1.807) is 6.92 Å². The molecule has 0 aliphatic rings. The molecule has 3 nitrogen and oxygen atoms in total. The average Bonchev–Trinajstić information content (AvgIpc) is 2.51. The van der Waals surface area contributed by atoms with Crippen molar-refractivity contribution < 1.29 is 8.78 Å². The molecule has 0 bridgehead atoms. The van der Waals surface area contributed by atoms with Crippen LogP contribution in [0.1, 0.15) is 19.0 Å². The number of imidazole rings is 1. The third-order valence-corrected chi connectivity index (χ3v) is 1.89. The molecule has 1 rings (SSSR count). The minimum Gasteiger partial charge on any atom is -0.330 e. The van der Waals surface area contributed by atoms with Gasteiger partial charge in [-0.25, -0.2) is 4.98 Å². The van der Waals surface area contributed by atoms with Gasteiger partial charge >= 0.3 is 0 Å². The molecule has 0 atom stereocenters. The maximum atomic E-state index is 13.3. The Hall–Kier alpha value is -0.970. The third kappa shape index (κ3) is 2.03. The Kier molecular flexibility index (Phi) is 2.98. The molecular formula is C8H13F2N3. The second-order valence-corrected chi connectivity index (χ2v) is 2.81. The van der Waals surface area contributed by atoms with Crippen molar-refractivity contribution in [2.24, 2.45) is 5.73 Å². The van der Waals surface area contributed by atoms with Crippen LogP contribution in [0.4, 0.5) is 8.78 Å². The van der Waals surface area contributed by atoms with Crippen molar-refractivity contribution in [3.05, 3.63) is 18.2 Å². The number of rotatable bonds is 4. The van der Waals surface area contributed by atoms with Gasteiger partial charge in [0.1, 0.15) is 5.69 Å². The molecule has 0 spiro atoms. The zero-order chi connectivity index (χ0) is 9.90. The van der Waals surface area contributed by atoms with Crippen molar-refractivity contribution in [3.8, 4) is 0 Å². The quantitative estimate of drug-likeness (QED) is 0.776. The summed E-state index contributed by atoms with van der Waals surface area (Å²) in [4.78, 5) is 3.68. The second kappa shape index (κ2) is 3.83. The topological polar surface area (TPSA) is 43.8 Å². The normalized spacial score (nSPS) is 12.0. The highest BCUT2D eigenvalue weighted by Gasteiger charge is 2.33. The summed E-state index contributed by atoms with van der Waals surface area (Å²) >= 11 is 0. The molecule has 1 aromatic rings. The summed E-state index contributed by atoms with van der Waals surface area (Å²) in [5, 5.41) is 0. The van der Waals surface area contributed by atoms with Crippen LogP contribution in [0, 0.1) is 0 Å². The van der Waals surface area contributed by atoms with Gasteiger partial charge in [-0.2, -0.15) is 8.78 Å². The Balaban J connectivity index is 2.91. The Labute approximate surface area is 75.6 Å². The number of aryl methyl sites for hydroxylation is 1. The molecule has 0 unspecified atom stereocenters. The van der Waals surface area contributed by atoms with Crippen LogP contribution >= 0.6 is 0 Å². The summed E-state index contributed by atoms with van der Waals surface area (Å²) in [5.74, 6) is -2.86. The highest BCUT2D eigenvalue weighted by Crippen LogP contribution is 2.30. The van der Waals surface area contributed by atoms with Crippen LogP contribution < -0.4 is 5.73 Å². The van der Waals surface area contributed by atoms with Crippen molar-refractivity contribution >= 4 is 0 Å². The third-order valence-electron chi connectivity index (χ3n) is 1.89. The lowest BCUT2D eigenvalue weighted by Crippen LogP contribution is -2.22. The Morgan fingerprint density at radius 1 is 1.62 bits per heavy atom. The molecule has 5 heteroatoms. The lowest BCUT2D eigenvalue weighted by Gasteiger charge is -2.16. The molecule has 0 saturated heterocycles. The molecule has 0 fully saturated rings. The van der Waals surface area contributed by atoms with Gasteiger partial charge in [0, 0.05) is 13.0 Å². The largest absolute Gasteiger partial charge is 0.330 e. The van der Waals surface area contributed by atoms with Gasteiger partial charge in [-0.15, -0.1) is 0 Å². The number of hydrogen-bond acceptors (Lipinski definition) is 2. The van der Waals surface area contributed by atoms with E-state index in [2.05, 4.69) is 4.98 Å². The van der Waals surface area contributed by atoms with E-state index in [9.17, 15) is 8.78 Å². The molecule has 0 amide bonds. The van der Waals surface area contributed by atoms with E-state index in [-0.39, 0.29) is 18.7 Å². The number of aromatic nitrogens is 2. The minimum atomic E-state index is -2.86. The lowest BCUT2D eigenvalue weighted by atomic mass is 10.2. The van der Waals surface area contributed by atoms with E-state index in [0.717, 1.165) is 0 Å². The maximum absolute atomic E-state index is 13.3. The predicted molar refractivity (Wildman–Crippen MR) is 45.5 cm³/mol. The smallest absolute Gasteiger partial charge is 0.290 e. The summed E-state index contributed by atoms with van der Waals surface area (Å²) in [7, 11) is 0. The first-order valence-electron chi connectivity index (χ1n) is 4.20. The van der Waals surface area contributed by atoms with Crippen LogP contribution in [-0.4, -0.2) is 16.1 Å². The van der Waals surface area contributed by atoms with Crippen LogP contribution in [0.25, 0.3) is 0 Å². The monoisotopic (exact) mass is 189 g/mol. The van der Waals surface area contributed by atoms with E-state index in [4.69, 9.17) is 5.73 Å². The fourth-order valence-corrected chi connectivity index (χ4v) is 1.19. The fourth-order valence-electron chi connectivity index (χ4n) is 1.19. The molecule has 1 heterocycles. The van der Waals surface area contributed by atoms with Crippen LogP contribution in [0.2, 0.25) is 0 Å². The van der Waals surface area contributed by atoms with Crippen LogP contribution in [0.15, 0.2) is 12.5 Å². The van der Waals surface area contributed by atoms with Crippen molar-refractivity contribution in [2.75, 3.05) is 6.54 Å². The van der Waals surface area contributed by atoms with Gasteiger partial charge in [-0.05, 0) is 13.5 Å². The molecule has 0 radical (unpaired) electrons. The molecular weight excluding hydrogens is 176 g/mol. The molecule has 13 heavy (non-hydrogen) atoms. The van der Waals surface area contributed by atoms with Gasteiger partial charge in [-0.3, -0.25) is 0 Å². The lowest BCUT2D eigenvalue weighted by molar-refractivity contribution is -0.0185. The molecule has 0 aliphatic carbocycles. The van der Waals surface area contributed by atoms with Gasteiger partial charge in [0.05, 0.1) is 12.5 Å². The molecule has 0 aromatic carbocycles. The molecule has 1 aromatic heterocycles. The zero-order valence-corrected chi connectivity index (χ0v) is 7.50. The summed E-state index contributed by atoms with van der Waals surface area (Å²) in [6.07, 6.45) is 2.26. The Bertz CT molecular complexity index is 270. The van der Waals surface area contributed by atoms with Crippen LogP contribution in [0.3, 0.4) is 0 Å². The number of halogens is 2. The maximum Gasteiger partial charge on any atom is 0.290 e. The number of nitrogens with zero attached hydrogens (tertiary/aromatic N) is 2. The van der Waals surface area contributed by atoms with Crippen molar-refractivity contribution in [2.45, 2.75) is 25.8 Å². The van der Waals surface area contributed by atoms with Crippen molar-refractivity contribution in [1.29, 1.82) is 0 Å². The van der Waals surface area contributed by atoms with E-state index < -0.39 is 5.92 Å². The summed E-state index contributed by atoms with van der Waals surface area (Å²) in [6.45, 7) is 2.26. The van der Waals surface area contributed by atoms with Crippen molar-refractivity contribution in [1.82, 2.24) is 9.55 Å². The molecule has 0 saturated carbocycles. The van der Waals surface area contributed by atoms with E-state index in [0.29, 0.717) is 6.54 Å². The number of hydrogen-bond donors (Lipinski definition) is 1. The standard InChI is InChI=1S/C8H13F2N3/c1-2-13-6-12-5-7(13)8(9,10)3-4-11/h5-6H,2-4,11H2,1H3. The summed E-state index contributed by atoms with van der Waals surface area (Å²) in [5.41, 5.74) is 5.05. The van der Waals surface area contributed by atoms with Crippen LogP contribution in [-0.2, 0) is 12.5 Å². The highest BCUT2D eigenvalue weighted by atomic mass is 19.3. The molecule has 74 valence electrons. The fraction of sp³-hybridized carbons (Fsp3) is 0.625. The minimum absolute atomic E-state index is 0.0259. The van der Waals surface area contributed by atoms with E-state index >= 15 is 0 Å². The zero-order valence-electron chi connectivity index (χ0n) is 7.50. The summed E-state index contributed by atoms with van der Waals surface area (Å²) < 4.78 is 28.0.